The van der Waals surface area contributed by atoms with E-state index in [1.165, 1.54) is 0 Å². The monoisotopic (exact) mass is 396 g/mol. The lowest BCUT2D eigenvalue weighted by atomic mass is 10.00. The first-order valence-electron chi connectivity index (χ1n) is 10.5. The summed E-state index contributed by atoms with van der Waals surface area (Å²) >= 11 is 0. The maximum Gasteiger partial charge on any atom is 0.290 e. The SMILES string of the molecule is CCCN(C(=O)c1occ2c1CCOC2)C1CCN(C(=O)c2ccccc2)CC1. The van der Waals surface area contributed by atoms with E-state index in [1.54, 1.807) is 6.26 Å². The van der Waals surface area contributed by atoms with Crippen LogP contribution in [0.25, 0.3) is 0 Å². The molecule has 2 aliphatic heterocycles. The van der Waals surface area contributed by atoms with E-state index in [9.17, 15) is 9.59 Å². The van der Waals surface area contributed by atoms with Crippen LogP contribution in [0.4, 0.5) is 0 Å². The standard InChI is InChI=1S/C23H28N2O4/c1-2-11-25(23(27)21-20-10-14-28-15-18(20)16-29-21)19-8-12-24(13-9-19)22(26)17-6-4-3-5-7-17/h3-7,16,19H,2,8-15H2,1H3. The van der Waals surface area contributed by atoms with Crippen LogP contribution in [0.15, 0.2) is 41.0 Å². The Hall–Kier alpha value is -2.60. The van der Waals surface area contributed by atoms with Crippen LogP contribution in [0.5, 0.6) is 0 Å². The van der Waals surface area contributed by atoms with E-state index in [4.69, 9.17) is 9.15 Å². The lowest BCUT2D eigenvalue weighted by Crippen LogP contribution is -2.49. The minimum atomic E-state index is -0.0252. The number of carbonyl (C=O) groups is 2. The second-order valence-electron chi connectivity index (χ2n) is 7.76. The van der Waals surface area contributed by atoms with E-state index in [2.05, 4.69) is 6.92 Å². The van der Waals surface area contributed by atoms with Gasteiger partial charge in [0.2, 0.25) is 0 Å². The average Bonchev–Trinajstić information content (AvgIpc) is 3.21. The van der Waals surface area contributed by atoms with E-state index in [0.717, 1.165) is 42.4 Å². The Morgan fingerprint density at radius 1 is 1.17 bits per heavy atom. The van der Waals surface area contributed by atoms with Gasteiger partial charge in [-0.15, -0.1) is 0 Å². The van der Waals surface area contributed by atoms with Crippen LogP contribution in [-0.2, 0) is 17.8 Å². The molecule has 154 valence electrons. The molecule has 0 N–H and O–H groups in total. The third kappa shape index (κ3) is 4.08. The van der Waals surface area contributed by atoms with E-state index in [-0.39, 0.29) is 17.9 Å². The number of likely N-dealkylation sites (tertiary alicyclic amines) is 1. The van der Waals surface area contributed by atoms with E-state index >= 15 is 0 Å². The molecule has 1 saturated heterocycles. The number of hydrogen-bond acceptors (Lipinski definition) is 4. The summed E-state index contributed by atoms with van der Waals surface area (Å²) in [6, 6.07) is 9.52. The number of benzene rings is 1. The minimum absolute atomic E-state index is 0.0252. The second-order valence-corrected chi connectivity index (χ2v) is 7.76. The number of furan rings is 1. The van der Waals surface area contributed by atoms with Gasteiger partial charge in [-0.3, -0.25) is 9.59 Å². The Labute approximate surface area is 171 Å². The zero-order valence-electron chi connectivity index (χ0n) is 16.9. The smallest absolute Gasteiger partial charge is 0.290 e. The van der Waals surface area contributed by atoms with E-state index in [1.807, 2.05) is 40.1 Å². The maximum absolute atomic E-state index is 13.3. The van der Waals surface area contributed by atoms with Gasteiger partial charge in [0.05, 0.1) is 19.5 Å². The number of nitrogens with zero attached hydrogens (tertiary/aromatic N) is 2. The van der Waals surface area contributed by atoms with Crippen LogP contribution in [0.3, 0.4) is 0 Å². The molecular weight excluding hydrogens is 368 g/mol. The summed E-state index contributed by atoms with van der Waals surface area (Å²) in [5.74, 6) is 0.514. The Kier molecular flexibility index (Phi) is 6.00. The molecule has 29 heavy (non-hydrogen) atoms. The predicted molar refractivity (Wildman–Crippen MR) is 109 cm³/mol. The number of carbonyl (C=O) groups excluding carboxylic acids is 2. The highest BCUT2D eigenvalue weighted by Crippen LogP contribution is 2.27. The summed E-state index contributed by atoms with van der Waals surface area (Å²) in [4.78, 5) is 29.9. The van der Waals surface area contributed by atoms with Gasteiger partial charge in [0.1, 0.15) is 0 Å². The van der Waals surface area contributed by atoms with Crippen molar-refractivity contribution in [2.24, 2.45) is 0 Å². The number of piperidine rings is 1. The van der Waals surface area contributed by atoms with Crippen molar-refractivity contribution in [1.82, 2.24) is 9.80 Å². The Morgan fingerprint density at radius 2 is 1.93 bits per heavy atom. The molecule has 0 atom stereocenters. The molecule has 2 amide bonds. The van der Waals surface area contributed by atoms with Crippen LogP contribution in [0.2, 0.25) is 0 Å². The number of amides is 2. The van der Waals surface area contributed by atoms with Crippen molar-refractivity contribution in [3.05, 3.63) is 59.0 Å². The van der Waals surface area contributed by atoms with Gasteiger partial charge in [0, 0.05) is 48.8 Å². The van der Waals surface area contributed by atoms with Crippen LogP contribution in [0.1, 0.15) is 58.2 Å². The van der Waals surface area contributed by atoms with Crippen molar-refractivity contribution in [2.75, 3.05) is 26.2 Å². The van der Waals surface area contributed by atoms with Crippen LogP contribution in [-0.4, -0.2) is 53.9 Å². The van der Waals surface area contributed by atoms with Crippen LogP contribution < -0.4 is 0 Å². The lowest BCUT2D eigenvalue weighted by Gasteiger charge is -2.38. The van der Waals surface area contributed by atoms with Crippen molar-refractivity contribution < 1.29 is 18.7 Å². The van der Waals surface area contributed by atoms with E-state index < -0.39 is 0 Å². The molecular formula is C23H28N2O4. The lowest BCUT2D eigenvalue weighted by molar-refractivity contribution is 0.0496. The highest BCUT2D eigenvalue weighted by Gasteiger charge is 2.33. The van der Waals surface area contributed by atoms with Gasteiger partial charge in [-0.05, 0) is 31.4 Å². The van der Waals surface area contributed by atoms with E-state index in [0.29, 0.717) is 38.6 Å². The van der Waals surface area contributed by atoms with Gasteiger partial charge in [-0.25, -0.2) is 0 Å². The minimum Gasteiger partial charge on any atom is -0.458 e. The van der Waals surface area contributed by atoms with Crippen molar-refractivity contribution in [1.29, 1.82) is 0 Å². The number of hydrogen-bond donors (Lipinski definition) is 0. The summed E-state index contributed by atoms with van der Waals surface area (Å²) in [5, 5.41) is 0. The van der Waals surface area contributed by atoms with Crippen LogP contribution >= 0.6 is 0 Å². The maximum atomic E-state index is 13.3. The normalized spacial score (nSPS) is 17.1. The number of ether oxygens (including phenoxy) is 1. The topological polar surface area (TPSA) is 63.0 Å². The molecule has 1 aromatic carbocycles. The van der Waals surface area contributed by atoms with Crippen LogP contribution in [0, 0.1) is 0 Å². The molecule has 4 rings (SSSR count). The fraction of sp³-hybridized carbons (Fsp3) is 0.478. The van der Waals surface area contributed by atoms with Gasteiger partial charge >= 0.3 is 0 Å². The van der Waals surface area contributed by atoms with Crippen molar-refractivity contribution in [3.63, 3.8) is 0 Å². The summed E-state index contributed by atoms with van der Waals surface area (Å²) in [6.45, 7) is 5.24. The summed E-state index contributed by atoms with van der Waals surface area (Å²) in [6.07, 6.45) is 4.84. The quantitative estimate of drug-likeness (QED) is 0.776. The van der Waals surface area contributed by atoms with Crippen molar-refractivity contribution in [3.8, 4) is 0 Å². The van der Waals surface area contributed by atoms with Gasteiger partial charge in [-0.1, -0.05) is 25.1 Å². The molecule has 0 spiro atoms. The molecule has 1 fully saturated rings. The van der Waals surface area contributed by atoms with Gasteiger partial charge in [-0.2, -0.15) is 0 Å². The third-order valence-corrected chi connectivity index (χ3v) is 5.87. The number of fused-ring (bicyclic) bond motifs is 1. The fourth-order valence-electron chi connectivity index (χ4n) is 4.31. The third-order valence-electron chi connectivity index (χ3n) is 5.87. The molecule has 3 heterocycles. The first kappa shape index (κ1) is 19.7. The molecule has 1 aromatic heterocycles. The molecule has 0 bridgehead atoms. The first-order chi connectivity index (χ1) is 14.2. The fourth-order valence-corrected chi connectivity index (χ4v) is 4.31. The predicted octanol–water partition coefficient (Wildman–Crippen LogP) is 3.51. The van der Waals surface area contributed by atoms with Crippen molar-refractivity contribution >= 4 is 11.8 Å². The molecule has 0 saturated carbocycles. The molecule has 0 aliphatic carbocycles. The first-order valence-corrected chi connectivity index (χ1v) is 10.5. The zero-order chi connectivity index (χ0) is 20.2. The summed E-state index contributed by atoms with van der Waals surface area (Å²) in [5.41, 5.74) is 2.70. The molecule has 0 radical (unpaired) electrons. The molecule has 6 heteroatoms. The zero-order valence-corrected chi connectivity index (χ0v) is 16.9. The summed E-state index contributed by atoms with van der Waals surface area (Å²) in [7, 11) is 0. The molecule has 2 aromatic rings. The highest BCUT2D eigenvalue weighted by atomic mass is 16.5. The summed E-state index contributed by atoms with van der Waals surface area (Å²) < 4.78 is 11.1. The number of rotatable bonds is 5. The van der Waals surface area contributed by atoms with Crippen molar-refractivity contribution in [2.45, 2.75) is 45.3 Å². The largest absolute Gasteiger partial charge is 0.458 e. The van der Waals surface area contributed by atoms with Gasteiger partial charge < -0.3 is 19.0 Å². The molecule has 6 nitrogen and oxygen atoms in total. The highest BCUT2D eigenvalue weighted by molar-refractivity contribution is 5.95. The Bertz CT molecular complexity index is 853. The second kappa shape index (κ2) is 8.82. The van der Waals surface area contributed by atoms with Gasteiger partial charge in [0.15, 0.2) is 5.76 Å². The molecule has 2 aliphatic rings. The Balaban J connectivity index is 1.44. The molecule has 0 unspecified atom stereocenters. The van der Waals surface area contributed by atoms with Gasteiger partial charge in [0.25, 0.3) is 11.8 Å². The Morgan fingerprint density at radius 3 is 2.66 bits per heavy atom. The average molecular weight is 396 g/mol.